The van der Waals surface area contributed by atoms with Crippen molar-refractivity contribution in [3.63, 3.8) is 0 Å². The molecule has 3 rings (SSSR count). The van der Waals surface area contributed by atoms with E-state index in [1.54, 1.807) is 36.0 Å². The Morgan fingerprint density at radius 2 is 1.74 bits per heavy atom. The molecule has 118 valence electrons. The SMILES string of the molecule is CSc1cccc(NC(=O)c2ccc(NC(=O)C3CC3)cc2)c1. The molecule has 0 saturated heterocycles. The number of benzene rings is 2. The summed E-state index contributed by atoms with van der Waals surface area (Å²) in [6.07, 6.45) is 3.94. The zero-order chi connectivity index (χ0) is 16.2. The summed E-state index contributed by atoms with van der Waals surface area (Å²) in [5.74, 6) is 0.0705. The predicted molar refractivity (Wildman–Crippen MR) is 94.0 cm³/mol. The number of nitrogens with one attached hydrogen (secondary N) is 2. The van der Waals surface area contributed by atoms with E-state index in [0.29, 0.717) is 5.56 Å². The van der Waals surface area contributed by atoms with Crippen LogP contribution in [0.25, 0.3) is 0 Å². The molecule has 4 nitrogen and oxygen atoms in total. The first-order valence-corrected chi connectivity index (χ1v) is 8.74. The third-order valence-corrected chi connectivity index (χ3v) is 4.42. The Bertz CT molecular complexity index is 724. The zero-order valence-corrected chi connectivity index (χ0v) is 13.7. The Morgan fingerprint density at radius 1 is 1.00 bits per heavy atom. The molecule has 0 spiro atoms. The van der Waals surface area contributed by atoms with Crippen LogP contribution in [0, 0.1) is 5.92 Å². The van der Waals surface area contributed by atoms with E-state index in [1.165, 1.54) is 0 Å². The van der Waals surface area contributed by atoms with Crippen LogP contribution in [0.2, 0.25) is 0 Å². The Balaban J connectivity index is 1.63. The lowest BCUT2D eigenvalue weighted by molar-refractivity contribution is -0.117. The number of amides is 2. The highest BCUT2D eigenvalue weighted by Crippen LogP contribution is 2.30. The van der Waals surface area contributed by atoms with Gasteiger partial charge in [0.15, 0.2) is 0 Å². The molecular formula is C18H18N2O2S. The van der Waals surface area contributed by atoms with Gasteiger partial charge in [-0.1, -0.05) is 6.07 Å². The molecule has 0 aromatic heterocycles. The fourth-order valence-electron chi connectivity index (χ4n) is 2.20. The van der Waals surface area contributed by atoms with Crippen molar-refractivity contribution in [1.82, 2.24) is 0 Å². The monoisotopic (exact) mass is 326 g/mol. The molecule has 0 unspecified atom stereocenters. The van der Waals surface area contributed by atoms with Crippen molar-refractivity contribution < 1.29 is 9.59 Å². The second-order valence-corrected chi connectivity index (χ2v) is 6.41. The second kappa shape index (κ2) is 6.87. The van der Waals surface area contributed by atoms with Gasteiger partial charge in [-0.05, 0) is 61.6 Å². The van der Waals surface area contributed by atoms with Crippen LogP contribution in [0.1, 0.15) is 23.2 Å². The summed E-state index contributed by atoms with van der Waals surface area (Å²) in [6.45, 7) is 0. The van der Waals surface area contributed by atoms with Crippen molar-refractivity contribution in [3.05, 3.63) is 54.1 Å². The van der Waals surface area contributed by atoms with Gasteiger partial charge >= 0.3 is 0 Å². The first-order chi connectivity index (χ1) is 11.2. The molecule has 1 aliphatic carbocycles. The topological polar surface area (TPSA) is 58.2 Å². The molecule has 1 fully saturated rings. The van der Waals surface area contributed by atoms with Gasteiger partial charge < -0.3 is 10.6 Å². The highest BCUT2D eigenvalue weighted by molar-refractivity contribution is 7.98. The predicted octanol–water partition coefficient (Wildman–Crippen LogP) is 4.01. The fraction of sp³-hybridized carbons (Fsp3) is 0.222. The van der Waals surface area contributed by atoms with Crippen molar-refractivity contribution in [2.45, 2.75) is 17.7 Å². The Labute approximate surface area is 139 Å². The number of anilines is 2. The number of carbonyl (C=O) groups excluding carboxylic acids is 2. The normalized spacial score (nSPS) is 13.4. The summed E-state index contributed by atoms with van der Waals surface area (Å²) in [5, 5.41) is 5.74. The van der Waals surface area contributed by atoms with Gasteiger partial charge in [0.1, 0.15) is 0 Å². The van der Waals surface area contributed by atoms with Crippen LogP contribution < -0.4 is 10.6 Å². The van der Waals surface area contributed by atoms with E-state index >= 15 is 0 Å². The molecule has 0 radical (unpaired) electrons. The molecule has 5 heteroatoms. The highest BCUT2D eigenvalue weighted by Gasteiger charge is 2.29. The Hall–Kier alpha value is -2.27. The summed E-state index contributed by atoms with van der Waals surface area (Å²) in [6, 6.07) is 14.7. The van der Waals surface area contributed by atoms with Gasteiger partial charge in [0.05, 0.1) is 0 Å². The average molecular weight is 326 g/mol. The number of thioether (sulfide) groups is 1. The summed E-state index contributed by atoms with van der Waals surface area (Å²) in [4.78, 5) is 25.1. The summed E-state index contributed by atoms with van der Waals surface area (Å²) >= 11 is 1.63. The molecule has 2 amide bonds. The van der Waals surface area contributed by atoms with Gasteiger partial charge in [-0.15, -0.1) is 11.8 Å². The maximum atomic E-state index is 12.3. The smallest absolute Gasteiger partial charge is 0.255 e. The highest BCUT2D eigenvalue weighted by atomic mass is 32.2. The Kier molecular flexibility index (Phi) is 4.67. The minimum atomic E-state index is -0.164. The molecule has 0 heterocycles. The van der Waals surface area contributed by atoms with Gasteiger partial charge in [-0.3, -0.25) is 9.59 Å². The van der Waals surface area contributed by atoms with Crippen LogP contribution in [-0.4, -0.2) is 18.1 Å². The van der Waals surface area contributed by atoms with E-state index in [9.17, 15) is 9.59 Å². The number of hydrogen-bond acceptors (Lipinski definition) is 3. The van der Waals surface area contributed by atoms with Crippen LogP contribution in [0.15, 0.2) is 53.4 Å². The summed E-state index contributed by atoms with van der Waals surface area (Å²) < 4.78 is 0. The van der Waals surface area contributed by atoms with Gasteiger partial charge in [-0.25, -0.2) is 0 Å². The zero-order valence-electron chi connectivity index (χ0n) is 12.8. The van der Waals surface area contributed by atoms with Gasteiger partial charge in [0, 0.05) is 27.8 Å². The third kappa shape index (κ3) is 4.13. The van der Waals surface area contributed by atoms with Crippen molar-refractivity contribution in [3.8, 4) is 0 Å². The fourth-order valence-corrected chi connectivity index (χ4v) is 2.66. The van der Waals surface area contributed by atoms with Crippen LogP contribution >= 0.6 is 11.8 Å². The number of carbonyl (C=O) groups is 2. The van der Waals surface area contributed by atoms with Gasteiger partial charge in [0.25, 0.3) is 5.91 Å². The lowest BCUT2D eigenvalue weighted by atomic mass is 10.2. The van der Waals surface area contributed by atoms with Gasteiger partial charge in [-0.2, -0.15) is 0 Å². The van der Waals surface area contributed by atoms with Crippen molar-refractivity contribution in [2.75, 3.05) is 16.9 Å². The molecule has 2 aromatic carbocycles. The first-order valence-electron chi connectivity index (χ1n) is 7.52. The average Bonchev–Trinajstić information content (AvgIpc) is 3.40. The minimum absolute atomic E-state index is 0.0658. The molecule has 1 aliphatic rings. The van der Waals surface area contributed by atoms with Crippen molar-refractivity contribution in [1.29, 1.82) is 0 Å². The lowest BCUT2D eigenvalue weighted by Crippen LogP contribution is -2.14. The quantitative estimate of drug-likeness (QED) is 0.816. The van der Waals surface area contributed by atoms with Gasteiger partial charge in [0.2, 0.25) is 5.91 Å². The van der Waals surface area contributed by atoms with E-state index in [4.69, 9.17) is 0 Å². The van der Waals surface area contributed by atoms with E-state index in [1.807, 2.05) is 30.5 Å². The largest absolute Gasteiger partial charge is 0.326 e. The van der Waals surface area contributed by atoms with Crippen molar-refractivity contribution >= 4 is 35.0 Å². The van der Waals surface area contributed by atoms with E-state index in [0.717, 1.165) is 29.1 Å². The summed E-state index contributed by atoms with van der Waals surface area (Å²) in [7, 11) is 0. The van der Waals surface area contributed by atoms with Crippen LogP contribution in [0.5, 0.6) is 0 Å². The van der Waals surface area contributed by atoms with Crippen molar-refractivity contribution in [2.24, 2.45) is 5.92 Å². The molecule has 0 bridgehead atoms. The lowest BCUT2D eigenvalue weighted by Gasteiger charge is -2.08. The maximum absolute atomic E-state index is 12.3. The second-order valence-electron chi connectivity index (χ2n) is 5.53. The molecule has 2 N–H and O–H groups in total. The molecule has 0 atom stereocenters. The molecule has 1 saturated carbocycles. The van der Waals surface area contributed by atoms with E-state index in [-0.39, 0.29) is 17.7 Å². The minimum Gasteiger partial charge on any atom is -0.326 e. The van der Waals surface area contributed by atoms with Crippen LogP contribution in [0.3, 0.4) is 0 Å². The maximum Gasteiger partial charge on any atom is 0.255 e. The molecule has 2 aromatic rings. The Morgan fingerprint density at radius 3 is 2.39 bits per heavy atom. The molecule has 23 heavy (non-hydrogen) atoms. The number of hydrogen-bond donors (Lipinski definition) is 2. The third-order valence-electron chi connectivity index (χ3n) is 3.69. The van der Waals surface area contributed by atoms with E-state index in [2.05, 4.69) is 10.6 Å². The first kappa shape index (κ1) is 15.6. The number of rotatable bonds is 5. The molecular weight excluding hydrogens is 308 g/mol. The molecule has 0 aliphatic heterocycles. The summed E-state index contributed by atoms with van der Waals surface area (Å²) in [5.41, 5.74) is 2.06. The van der Waals surface area contributed by atoms with Crippen LogP contribution in [0.4, 0.5) is 11.4 Å². The standard InChI is InChI=1S/C18H18N2O2S/c1-23-16-4-2-3-15(11-16)20-18(22)13-7-9-14(10-8-13)19-17(21)12-5-6-12/h2-4,7-12H,5-6H2,1H3,(H,19,21)(H,20,22). The van der Waals surface area contributed by atoms with E-state index < -0.39 is 0 Å². The van der Waals surface area contributed by atoms with Crippen LogP contribution in [-0.2, 0) is 4.79 Å².